The summed E-state index contributed by atoms with van der Waals surface area (Å²) in [6, 6.07) is 15.7. The Balaban J connectivity index is 1.48. The summed E-state index contributed by atoms with van der Waals surface area (Å²) in [5.41, 5.74) is 3.81. The third-order valence-electron chi connectivity index (χ3n) is 5.78. The Labute approximate surface area is 171 Å². The highest BCUT2D eigenvalue weighted by Crippen LogP contribution is 2.34. The van der Waals surface area contributed by atoms with Gasteiger partial charge >= 0.3 is 0 Å². The maximum absolute atomic E-state index is 12.7. The molecule has 1 amide bonds. The molecule has 0 unspecified atom stereocenters. The van der Waals surface area contributed by atoms with Gasteiger partial charge in [-0.25, -0.2) is 5.84 Å². The van der Waals surface area contributed by atoms with Gasteiger partial charge in [0.05, 0.1) is 11.4 Å². The summed E-state index contributed by atoms with van der Waals surface area (Å²) in [4.78, 5) is 19.3. The second-order valence-corrected chi connectivity index (χ2v) is 7.55. The van der Waals surface area contributed by atoms with Crippen molar-refractivity contribution in [3.63, 3.8) is 0 Å². The number of carbonyl (C=O) groups excluding carboxylic acids is 1. The van der Waals surface area contributed by atoms with Crippen LogP contribution in [-0.2, 0) is 0 Å². The zero-order valence-corrected chi connectivity index (χ0v) is 16.6. The highest BCUT2D eigenvalue weighted by atomic mass is 16.2. The molecule has 7 nitrogen and oxygen atoms in total. The lowest BCUT2D eigenvalue weighted by Crippen LogP contribution is -2.48. The van der Waals surface area contributed by atoms with Crippen LogP contribution in [-0.4, -0.2) is 56.4 Å². The van der Waals surface area contributed by atoms with E-state index >= 15 is 0 Å². The molecule has 0 atom stereocenters. The lowest BCUT2D eigenvalue weighted by atomic mass is 10.1. The molecule has 2 aromatic rings. The first kappa shape index (κ1) is 19.3. The molecule has 0 aliphatic carbocycles. The maximum atomic E-state index is 12.7. The molecule has 0 aromatic heterocycles. The van der Waals surface area contributed by atoms with Crippen molar-refractivity contribution in [2.75, 3.05) is 54.1 Å². The van der Waals surface area contributed by atoms with Gasteiger partial charge < -0.3 is 14.7 Å². The van der Waals surface area contributed by atoms with Crippen LogP contribution < -0.4 is 20.7 Å². The van der Waals surface area contributed by atoms with Gasteiger partial charge in [-0.15, -0.1) is 0 Å². The second-order valence-electron chi connectivity index (χ2n) is 7.55. The van der Waals surface area contributed by atoms with E-state index < -0.39 is 0 Å². The molecule has 2 aliphatic rings. The van der Waals surface area contributed by atoms with Crippen LogP contribution in [0.3, 0.4) is 0 Å². The first-order valence-corrected chi connectivity index (χ1v) is 10.2. The van der Waals surface area contributed by atoms with Gasteiger partial charge in [0.2, 0.25) is 0 Å². The number of nitrogens with zero attached hydrogens (tertiary/aromatic N) is 4. The number of carbonyl (C=O) groups is 1. The number of piperazine rings is 1. The molecule has 2 saturated heterocycles. The highest BCUT2D eigenvalue weighted by Gasteiger charge is 2.24. The third kappa shape index (κ3) is 4.05. The fourth-order valence-corrected chi connectivity index (χ4v) is 4.14. The minimum Gasteiger partial charge on any atom is -0.370 e. The number of amides is 1. The van der Waals surface area contributed by atoms with Crippen molar-refractivity contribution >= 4 is 29.3 Å². The number of hydrogen-bond donors (Lipinski definition) is 2. The normalized spacial score (nSPS) is 16.8. The lowest BCUT2D eigenvalue weighted by molar-refractivity contribution is 0.0747. The molecule has 0 bridgehead atoms. The molecule has 29 heavy (non-hydrogen) atoms. The number of benzene rings is 2. The van der Waals surface area contributed by atoms with Gasteiger partial charge in [-0.05, 0) is 43.2 Å². The van der Waals surface area contributed by atoms with Crippen LogP contribution >= 0.6 is 0 Å². The standard InChI is InChI=1S/C22H28N6O/c23-17-28(24)20-9-8-19(16-21(20)26-10-4-5-11-26)25-12-14-27(15-13-25)22(29)18-6-2-1-3-7-18/h1-3,6-9,16-17,23H,4-5,10-15,24H2. The third-order valence-corrected chi connectivity index (χ3v) is 5.78. The van der Waals surface area contributed by atoms with E-state index in [2.05, 4.69) is 21.9 Å². The Bertz CT molecular complexity index is 857. The average molecular weight is 393 g/mol. The molecule has 2 heterocycles. The van der Waals surface area contributed by atoms with E-state index in [-0.39, 0.29) is 5.91 Å². The summed E-state index contributed by atoms with van der Waals surface area (Å²) in [6.45, 7) is 5.04. The molecule has 3 N–H and O–H groups in total. The molecule has 0 radical (unpaired) electrons. The largest absolute Gasteiger partial charge is 0.370 e. The quantitative estimate of drug-likeness (QED) is 0.354. The summed E-state index contributed by atoms with van der Waals surface area (Å²) >= 11 is 0. The monoisotopic (exact) mass is 392 g/mol. The molecule has 7 heteroatoms. The molecule has 2 aliphatic heterocycles. The minimum atomic E-state index is 0.100. The molecule has 2 aromatic carbocycles. The van der Waals surface area contributed by atoms with Gasteiger partial charge in [-0.1, -0.05) is 18.2 Å². The van der Waals surface area contributed by atoms with Crippen LogP contribution in [0.15, 0.2) is 48.5 Å². The maximum Gasteiger partial charge on any atom is 0.253 e. The van der Waals surface area contributed by atoms with E-state index in [4.69, 9.17) is 11.3 Å². The molecular formula is C22H28N6O. The van der Waals surface area contributed by atoms with E-state index in [1.165, 1.54) is 17.9 Å². The van der Waals surface area contributed by atoms with Crippen molar-refractivity contribution < 1.29 is 4.79 Å². The van der Waals surface area contributed by atoms with Crippen LogP contribution in [0.4, 0.5) is 17.1 Å². The van der Waals surface area contributed by atoms with Gasteiger partial charge in [0.25, 0.3) is 5.91 Å². The van der Waals surface area contributed by atoms with Crippen LogP contribution in [0.1, 0.15) is 23.2 Å². The first-order valence-electron chi connectivity index (χ1n) is 10.2. The van der Waals surface area contributed by atoms with Crippen molar-refractivity contribution in [2.24, 2.45) is 5.84 Å². The summed E-state index contributed by atoms with van der Waals surface area (Å²) in [5.74, 6) is 6.10. The van der Waals surface area contributed by atoms with Crippen LogP contribution in [0, 0.1) is 5.41 Å². The summed E-state index contributed by atoms with van der Waals surface area (Å²) < 4.78 is 0. The van der Waals surface area contributed by atoms with E-state index in [0.717, 1.165) is 55.1 Å². The molecule has 2 fully saturated rings. The Kier molecular flexibility index (Phi) is 5.67. The van der Waals surface area contributed by atoms with Crippen LogP contribution in [0.25, 0.3) is 0 Å². The van der Waals surface area contributed by atoms with E-state index in [9.17, 15) is 4.79 Å². The summed E-state index contributed by atoms with van der Waals surface area (Å²) in [6.07, 6.45) is 3.50. The predicted octanol–water partition coefficient (Wildman–Crippen LogP) is 2.54. The Hall–Kier alpha value is -3.06. The minimum absolute atomic E-state index is 0.100. The summed E-state index contributed by atoms with van der Waals surface area (Å²) in [7, 11) is 0. The number of hydrogen-bond acceptors (Lipinski definition) is 5. The predicted molar refractivity (Wildman–Crippen MR) is 118 cm³/mol. The first-order chi connectivity index (χ1) is 14.2. The van der Waals surface area contributed by atoms with Crippen molar-refractivity contribution in [1.29, 1.82) is 5.41 Å². The fraction of sp³-hybridized carbons (Fsp3) is 0.364. The second kappa shape index (κ2) is 8.53. The average Bonchev–Trinajstić information content (AvgIpc) is 3.33. The highest BCUT2D eigenvalue weighted by molar-refractivity contribution is 5.94. The van der Waals surface area contributed by atoms with Gasteiger partial charge in [-0.2, -0.15) is 0 Å². The Morgan fingerprint density at radius 2 is 1.62 bits per heavy atom. The van der Waals surface area contributed by atoms with Crippen molar-refractivity contribution in [1.82, 2.24) is 4.90 Å². The number of nitrogens with two attached hydrogens (primary N) is 1. The molecule has 4 rings (SSSR count). The van der Waals surface area contributed by atoms with Gasteiger partial charge in [0.15, 0.2) is 0 Å². The number of rotatable bonds is 5. The van der Waals surface area contributed by atoms with Crippen molar-refractivity contribution in [3.05, 3.63) is 54.1 Å². The van der Waals surface area contributed by atoms with Crippen LogP contribution in [0.5, 0.6) is 0 Å². The van der Waals surface area contributed by atoms with Crippen LogP contribution in [0.2, 0.25) is 0 Å². The molecule has 152 valence electrons. The molecule has 0 saturated carbocycles. The molecule has 0 spiro atoms. The van der Waals surface area contributed by atoms with Crippen molar-refractivity contribution in [3.8, 4) is 0 Å². The lowest BCUT2D eigenvalue weighted by Gasteiger charge is -2.37. The Morgan fingerprint density at radius 1 is 0.931 bits per heavy atom. The Morgan fingerprint density at radius 3 is 2.28 bits per heavy atom. The number of nitrogens with one attached hydrogen (secondary N) is 1. The summed E-state index contributed by atoms with van der Waals surface area (Å²) in [5, 5.41) is 8.87. The van der Waals surface area contributed by atoms with Gasteiger partial charge in [-0.3, -0.25) is 15.2 Å². The van der Waals surface area contributed by atoms with E-state index in [1.54, 1.807) is 0 Å². The number of hydrazine groups is 1. The molecular weight excluding hydrogens is 364 g/mol. The smallest absolute Gasteiger partial charge is 0.253 e. The zero-order chi connectivity index (χ0) is 20.2. The topological polar surface area (TPSA) is 79.9 Å². The fourth-order valence-electron chi connectivity index (χ4n) is 4.14. The SMILES string of the molecule is N=CN(N)c1ccc(N2CCN(C(=O)c3ccccc3)CC2)cc1N1CCCC1. The zero-order valence-electron chi connectivity index (χ0n) is 16.6. The van der Waals surface area contributed by atoms with Gasteiger partial charge in [0.1, 0.15) is 6.34 Å². The van der Waals surface area contributed by atoms with E-state index in [0.29, 0.717) is 13.1 Å². The number of anilines is 3. The van der Waals surface area contributed by atoms with Crippen molar-refractivity contribution in [2.45, 2.75) is 12.8 Å². The van der Waals surface area contributed by atoms with E-state index in [1.807, 2.05) is 41.3 Å². The van der Waals surface area contributed by atoms with Gasteiger partial charge in [0, 0.05) is 50.5 Å².